The van der Waals surface area contributed by atoms with E-state index in [1.807, 2.05) is 31.7 Å². The van der Waals surface area contributed by atoms with Gasteiger partial charge in [-0.15, -0.1) is 11.3 Å². The third kappa shape index (κ3) is 5.54. The van der Waals surface area contributed by atoms with Crippen LogP contribution in [0.5, 0.6) is 0 Å². The predicted octanol–water partition coefficient (Wildman–Crippen LogP) is 2.38. The second kappa shape index (κ2) is 9.92. The summed E-state index contributed by atoms with van der Waals surface area (Å²) in [5.41, 5.74) is 0. The summed E-state index contributed by atoms with van der Waals surface area (Å²) in [6, 6.07) is 4.00. The first-order valence-corrected chi connectivity index (χ1v) is 10.3. The van der Waals surface area contributed by atoms with Crippen LogP contribution in [0.4, 0.5) is 0 Å². The number of nitrogens with zero attached hydrogens (tertiary/aromatic N) is 2. The van der Waals surface area contributed by atoms with Crippen molar-refractivity contribution in [3.63, 3.8) is 0 Å². The molecule has 0 aliphatic carbocycles. The Morgan fingerprint density at radius 1 is 1.32 bits per heavy atom. The number of carbonyl (C=O) groups excluding carboxylic acids is 2. The van der Waals surface area contributed by atoms with Gasteiger partial charge in [0.15, 0.2) is 0 Å². The molecule has 0 spiro atoms. The van der Waals surface area contributed by atoms with Gasteiger partial charge in [0.25, 0.3) is 0 Å². The third-order valence-electron chi connectivity index (χ3n) is 5.13. The molecule has 1 N–H and O–H groups in total. The number of likely N-dealkylation sites (tertiary alicyclic amines) is 1. The van der Waals surface area contributed by atoms with E-state index >= 15 is 0 Å². The average molecular weight is 366 g/mol. The summed E-state index contributed by atoms with van der Waals surface area (Å²) in [5, 5.41) is 5.10. The Labute approximate surface area is 155 Å². The Balaban J connectivity index is 1.73. The molecule has 1 unspecified atom stereocenters. The minimum atomic E-state index is -0.132. The molecule has 1 fully saturated rings. The fraction of sp³-hybridized carbons (Fsp3) is 0.684. The van der Waals surface area contributed by atoms with Crippen molar-refractivity contribution in [3.8, 4) is 0 Å². The van der Waals surface area contributed by atoms with E-state index in [9.17, 15) is 9.59 Å². The standard InChI is InChI=1S/C19H31N3O2S/c1-4-21(5-2)19(24)16-9-12-22(13-10-16)15(3)18(23)20-11-8-17-7-6-14-25-17/h6-7,14-16H,4-5,8-13H2,1-3H3,(H,20,23). The number of piperidine rings is 1. The lowest BCUT2D eigenvalue weighted by molar-refractivity contribution is -0.137. The first-order valence-electron chi connectivity index (χ1n) is 9.39. The fourth-order valence-electron chi connectivity index (χ4n) is 3.40. The van der Waals surface area contributed by atoms with E-state index < -0.39 is 0 Å². The number of amides is 2. The lowest BCUT2D eigenvalue weighted by atomic mass is 9.94. The lowest BCUT2D eigenvalue weighted by Gasteiger charge is -2.36. The summed E-state index contributed by atoms with van der Waals surface area (Å²) in [6.45, 7) is 9.89. The van der Waals surface area contributed by atoms with Gasteiger partial charge in [-0.3, -0.25) is 14.5 Å². The van der Waals surface area contributed by atoms with Crippen molar-refractivity contribution in [1.29, 1.82) is 0 Å². The monoisotopic (exact) mass is 365 g/mol. The molecule has 25 heavy (non-hydrogen) atoms. The molecule has 0 radical (unpaired) electrons. The van der Waals surface area contributed by atoms with E-state index in [4.69, 9.17) is 0 Å². The van der Waals surface area contributed by atoms with Crippen molar-refractivity contribution in [3.05, 3.63) is 22.4 Å². The second-order valence-corrected chi connectivity index (χ2v) is 7.65. The molecule has 2 amide bonds. The number of nitrogens with one attached hydrogen (secondary N) is 1. The second-order valence-electron chi connectivity index (χ2n) is 6.62. The summed E-state index contributed by atoms with van der Waals surface area (Å²) in [6.07, 6.45) is 2.58. The Bertz CT molecular complexity index is 535. The van der Waals surface area contributed by atoms with E-state index in [1.54, 1.807) is 11.3 Å². The number of rotatable bonds is 8. The highest BCUT2D eigenvalue weighted by atomic mass is 32.1. The van der Waals surface area contributed by atoms with Crippen LogP contribution in [-0.4, -0.2) is 60.4 Å². The molecule has 1 aliphatic rings. The maximum Gasteiger partial charge on any atom is 0.237 e. The van der Waals surface area contributed by atoms with Crippen LogP contribution in [0.2, 0.25) is 0 Å². The molecule has 2 rings (SSSR count). The number of hydrogen-bond acceptors (Lipinski definition) is 4. The highest BCUT2D eigenvalue weighted by molar-refractivity contribution is 7.09. The molecule has 1 aliphatic heterocycles. The Morgan fingerprint density at radius 2 is 2.00 bits per heavy atom. The molecule has 140 valence electrons. The van der Waals surface area contributed by atoms with Gasteiger partial charge in [-0.2, -0.15) is 0 Å². The molecule has 0 saturated carbocycles. The molecule has 2 heterocycles. The van der Waals surface area contributed by atoms with Crippen molar-refractivity contribution in [1.82, 2.24) is 15.1 Å². The summed E-state index contributed by atoms with van der Waals surface area (Å²) in [7, 11) is 0. The van der Waals surface area contributed by atoms with Gasteiger partial charge in [0.2, 0.25) is 11.8 Å². The van der Waals surface area contributed by atoms with Crippen molar-refractivity contribution in [2.24, 2.45) is 5.92 Å². The van der Waals surface area contributed by atoms with Crippen LogP contribution < -0.4 is 5.32 Å². The number of carbonyl (C=O) groups is 2. The van der Waals surface area contributed by atoms with Gasteiger partial charge in [0, 0.05) is 30.4 Å². The maximum absolute atomic E-state index is 12.5. The van der Waals surface area contributed by atoms with Crippen LogP contribution in [0.3, 0.4) is 0 Å². The zero-order valence-electron chi connectivity index (χ0n) is 15.7. The van der Waals surface area contributed by atoms with Gasteiger partial charge in [0.1, 0.15) is 0 Å². The van der Waals surface area contributed by atoms with Gasteiger partial charge in [-0.1, -0.05) is 6.07 Å². The molecule has 1 aromatic heterocycles. The average Bonchev–Trinajstić information content (AvgIpc) is 3.15. The van der Waals surface area contributed by atoms with E-state index in [2.05, 4.69) is 21.7 Å². The van der Waals surface area contributed by atoms with Crippen molar-refractivity contribution in [2.45, 2.75) is 46.1 Å². The van der Waals surface area contributed by atoms with Gasteiger partial charge in [-0.05, 0) is 64.6 Å². The predicted molar refractivity (Wildman–Crippen MR) is 103 cm³/mol. The lowest BCUT2D eigenvalue weighted by Crippen LogP contribution is -2.50. The van der Waals surface area contributed by atoms with Crippen LogP contribution in [0.1, 0.15) is 38.5 Å². The van der Waals surface area contributed by atoms with Crippen molar-refractivity contribution in [2.75, 3.05) is 32.7 Å². The molecule has 1 aromatic rings. The van der Waals surface area contributed by atoms with Crippen molar-refractivity contribution >= 4 is 23.2 Å². The summed E-state index contributed by atoms with van der Waals surface area (Å²) >= 11 is 1.72. The molecular weight excluding hydrogens is 334 g/mol. The maximum atomic E-state index is 12.5. The molecule has 0 aromatic carbocycles. The highest BCUT2D eigenvalue weighted by Gasteiger charge is 2.31. The fourth-order valence-corrected chi connectivity index (χ4v) is 4.11. The van der Waals surface area contributed by atoms with Gasteiger partial charge in [-0.25, -0.2) is 0 Å². The molecule has 0 bridgehead atoms. The first kappa shape index (κ1) is 19.9. The minimum absolute atomic E-state index is 0.0880. The van der Waals surface area contributed by atoms with E-state index in [0.717, 1.165) is 45.4 Å². The molecule has 5 nitrogen and oxygen atoms in total. The van der Waals surface area contributed by atoms with Crippen LogP contribution in [0.25, 0.3) is 0 Å². The SMILES string of the molecule is CCN(CC)C(=O)C1CCN(C(C)C(=O)NCCc2cccs2)CC1. The van der Waals surface area contributed by atoms with E-state index in [1.165, 1.54) is 4.88 Å². The summed E-state index contributed by atoms with van der Waals surface area (Å²) in [5.74, 6) is 0.480. The van der Waals surface area contributed by atoms with Gasteiger partial charge < -0.3 is 10.2 Å². The van der Waals surface area contributed by atoms with Gasteiger partial charge >= 0.3 is 0 Å². The van der Waals surface area contributed by atoms with Crippen molar-refractivity contribution < 1.29 is 9.59 Å². The van der Waals surface area contributed by atoms with Crippen LogP contribution in [0, 0.1) is 5.92 Å². The number of thiophene rings is 1. The summed E-state index contributed by atoms with van der Waals surface area (Å²) < 4.78 is 0. The van der Waals surface area contributed by atoms with E-state index in [0.29, 0.717) is 6.54 Å². The Hall–Kier alpha value is -1.40. The Morgan fingerprint density at radius 3 is 2.56 bits per heavy atom. The minimum Gasteiger partial charge on any atom is -0.354 e. The van der Waals surface area contributed by atoms with Crippen LogP contribution in [-0.2, 0) is 16.0 Å². The van der Waals surface area contributed by atoms with Crippen LogP contribution in [0.15, 0.2) is 17.5 Å². The highest BCUT2D eigenvalue weighted by Crippen LogP contribution is 2.21. The molecular formula is C19H31N3O2S. The third-order valence-corrected chi connectivity index (χ3v) is 6.07. The normalized spacial score (nSPS) is 17.2. The quantitative estimate of drug-likeness (QED) is 0.769. The Kier molecular flexibility index (Phi) is 7.90. The van der Waals surface area contributed by atoms with E-state index in [-0.39, 0.29) is 23.8 Å². The molecule has 6 heteroatoms. The topological polar surface area (TPSA) is 52.7 Å². The first-order chi connectivity index (χ1) is 12.1. The smallest absolute Gasteiger partial charge is 0.237 e. The largest absolute Gasteiger partial charge is 0.354 e. The molecule has 1 atom stereocenters. The van der Waals surface area contributed by atoms with Gasteiger partial charge in [0.05, 0.1) is 6.04 Å². The van der Waals surface area contributed by atoms with Crippen LogP contribution >= 0.6 is 11.3 Å². The number of hydrogen-bond donors (Lipinski definition) is 1. The zero-order chi connectivity index (χ0) is 18.2. The summed E-state index contributed by atoms with van der Waals surface area (Å²) in [4.78, 5) is 30.2. The zero-order valence-corrected chi connectivity index (χ0v) is 16.5. The molecule has 1 saturated heterocycles.